The molecular weight excluding hydrogens is 408 g/mol. The fourth-order valence-electron chi connectivity index (χ4n) is 3.24. The van der Waals surface area contributed by atoms with E-state index in [0.717, 1.165) is 30.5 Å². The van der Waals surface area contributed by atoms with E-state index in [1.165, 1.54) is 16.9 Å². The van der Waals surface area contributed by atoms with E-state index in [2.05, 4.69) is 12.2 Å². The van der Waals surface area contributed by atoms with Gasteiger partial charge in [-0.2, -0.15) is 0 Å². The highest BCUT2D eigenvalue weighted by Gasteiger charge is 2.20. The first-order valence-corrected chi connectivity index (χ1v) is 11.9. The molecule has 3 aromatic rings. The van der Waals surface area contributed by atoms with Gasteiger partial charge in [-0.1, -0.05) is 55.8 Å². The number of carbonyl (C=O) groups excluding carboxylic acids is 1. The summed E-state index contributed by atoms with van der Waals surface area (Å²) in [7, 11) is -2.10. The van der Waals surface area contributed by atoms with Gasteiger partial charge in [0.05, 0.1) is 17.0 Å². The van der Waals surface area contributed by atoms with Crippen molar-refractivity contribution in [2.75, 3.05) is 16.7 Å². The number of unbranched alkanes of at least 4 members (excludes halogenated alkanes) is 1. The lowest BCUT2D eigenvalue weighted by Crippen LogP contribution is -2.26. The molecule has 3 rings (SSSR count). The Hall–Kier alpha value is -3.12. The molecule has 162 valence electrons. The molecule has 0 radical (unpaired) electrons. The lowest BCUT2D eigenvalue weighted by atomic mass is 10.1. The minimum absolute atomic E-state index is 0.112. The second kappa shape index (κ2) is 10.3. The zero-order chi connectivity index (χ0) is 22.3. The van der Waals surface area contributed by atoms with Gasteiger partial charge in [0, 0.05) is 12.7 Å². The Kier molecular flexibility index (Phi) is 7.47. The second-order valence-electron chi connectivity index (χ2n) is 7.48. The van der Waals surface area contributed by atoms with E-state index < -0.39 is 10.0 Å². The Bertz CT molecular complexity index is 1090. The van der Waals surface area contributed by atoms with E-state index in [4.69, 9.17) is 0 Å². The van der Waals surface area contributed by atoms with Crippen molar-refractivity contribution in [3.05, 3.63) is 90.0 Å². The summed E-state index contributed by atoms with van der Waals surface area (Å²) >= 11 is 0. The minimum Gasteiger partial charge on any atom is -0.326 e. The molecule has 31 heavy (non-hydrogen) atoms. The number of amides is 1. The van der Waals surface area contributed by atoms with Crippen molar-refractivity contribution in [3.63, 3.8) is 0 Å². The normalized spacial score (nSPS) is 11.2. The molecule has 0 atom stereocenters. The van der Waals surface area contributed by atoms with Crippen molar-refractivity contribution in [1.82, 2.24) is 0 Å². The Morgan fingerprint density at radius 3 is 2.10 bits per heavy atom. The molecular formula is C25H28N2O3S. The highest BCUT2D eigenvalue weighted by Crippen LogP contribution is 2.22. The van der Waals surface area contributed by atoms with E-state index >= 15 is 0 Å². The SMILES string of the molecule is CCCCc1ccc(NC(=O)Cc2ccc(N(C)S(=O)(=O)c3ccccc3)cc2)cc1. The van der Waals surface area contributed by atoms with Crippen molar-refractivity contribution >= 4 is 27.3 Å². The first-order chi connectivity index (χ1) is 14.9. The zero-order valence-corrected chi connectivity index (χ0v) is 18.7. The van der Waals surface area contributed by atoms with Crippen LogP contribution in [-0.4, -0.2) is 21.4 Å². The topological polar surface area (TPSA) is 66.5 Å². The number of aryl methyl sites for hydroxylation is 1. The molecule has 0 saturated carbocycles. The number of hydrogen-bond acceptors (Lipinski definition) is 3. The van der Waals surface area contributed by atoms with Gasteiger partial charge in [-0.15, -0.1) is 0 Å². The van der Waals surface area contributed by atoms with Crippen molar-refractivity contribution in [3.8, 4) is 0 Å². The minimum atomic E-state index is -3.62. The monoisotopic (exact) mass is 436 g/mol. The number of rotatable bonds is 9. The second-order valence-corrected chi connectivity index (χ2v) is 9.45. The molecule has 1 N–H and O–H groups in total. The van der Waals surface area contributed by atoms with Crippen LogP contribution in [0.3, 0.4) is 0 Å². The van der Waals surface area contributed by atoms with Crippen LogP contribution in [0.4, 0.5) is 11.4 Å². The van der Waals surface area contributed by atoms with E-state index in [9.17, 15) is 13.2 Å². The van der Waals surface area contributed by atoms with Crippen LogP contribution in [0.5, 0.6) is 0 Å². The molecule has 3 aromatic carbocycles. The van der Waals surface area contributed by atoms with Crippen LogP contribution >= 0.6 is 0 Å². The third kappa shape index (κ3) is 5.95. The summed E-state index contributed by atoms with van der Waals surface area (Å²) in [6.45, 7) is 2.17. The zero-order valence-electron chi connectivity index (χ0n) is 17.9. The van der Waals surface area contributed by atoms with Gasteiger partial charge in [0.15, 0.2) is 0 Å². The van der Waals surface area contributed by atoms with Gasteiger partial charge in [0.1, 0.15) is 0 Å². The van der Waals surface area contributed by atoms with Crippen LogP contribution in [-0.2, 0) is 27.7 Å². The summed E-state index contributed by atoms with van der Waals surface area (Å²) in [5.74, 6) is -0.112. The lowest BCUT2D eigenvalue weighted by molar-refractivity contribution is -0.115. The van der Waals surface area contributed by atoms with Crippen LogP contribution in [0.25, 0.3) is 0 Å². The van der Waals surface area contributed by atoms with E-state index in [0.29, 0.717) is 5.69 Å². The Morgan fingerprint density at radius 2 is 1.48 bits per heavy atom. The highest BCUT2D eigenvalue weighted by atomic mass is 32.2. The van der Waals surface area contributed by atoms with Gasteiger partial charge >= 0.3 is 0 Å². The molecule has 0 saturated heterocycles. The molecule has 5 nitrogen and oxygen atoms in total. The van der Waals surface area contributed by atoms with Gasteiger partial charge in [-0.3, -0.25) is 9.10 Å². The van der Waals surface area contributed by atoms with Crippen LogP contribution in [0.2, 0.25) is 0 Å². The number of anilines is 2. The molecule has 0 bridgehead atoms. The molecule has 0 aliphatic rings. The smallest absolute Gasteiger partial charge is 0.264 e. The summed E-state index contributed by atoms with van der Waals surface area (Å²) in [4.78, 5) is 12.6. The predicted octanol–water partition coefficient (Wildman–Crippen LogP) is 5.04. The van der Waals surface area contributed by atoms with Crippen LogP contribution in [0.1, 0.15) is 30.9 Å². The molecule has 0 aliphatic heterocycles. The Morgan fingerprint density at radius 1 is 0.871 bits per heavy atom. The van der Waals surface area contributed by atoms with Crippen LogP contribution in [0.15, 0.2) is 83.8 Å². The van der Waals surface area contributed by atoms with E-state index in [-0.39, 0.29) is 17.2 Å². The summed E-state index contributed by atoms with van der Waals surface area (Å²) in [6.07, 6.45) is 3.58. The number of carbonyl (C=O) groups is 1. The van der Waals surface area contributed by atoms with Gasteiger partial charge in [0.25, 0.3) is 10.0 Å². The van der Waals surface area contributed by atoms with Gasteiger partial charge in [0.2, 0.25) is 5.91 Å². The standard InChI is InChI=1S/C25H28N2O3S/c1-3-4-8-20-11-15-22(16-12-20)26-25(28)19-21-13-17-23(18-14-21)27(2)31(29,30)24-9-6-5-7-10-24/h5-7,9-18H,3-4,8,19H2,1-2H3,(H,26,28). The average molecular weight is 437 g/mol. The number of hydrogen-bond donors (Lipinski definition) is 1. The maximum absolute atomic E-state index is 12.7. The maximum atomic E-state index is 12.7. The molecule has 0 heterocycles. The molecule has 0 aliphatic carbocycles. The van der Waals surface area contributed by atoms with Gasteiger partial charge in [-0.05, 0) is 60.4 Å². The molecule has 0 fully saturated rings. The summed E-state index contributed by atoms with van der Waals surface area (Å²) in [5.41, 5.74) is 3.39. The van der Waals surface area contributed by atoms with Crippen molar-refractivity contribution in [2.45, 2.75) is 37.5 Å². The number of nitrogens with zero attached hydrogens (tertiary/aromatic N) is 1. The fraction of sp³-hybridized carbons (Fsp3) is 0.240. The summed E-state index contributed by atoms with van der Waals surface area (Å²) in [5, 5.41) is 2.91. The van der Waals surface area contributed by atoms with E-state index in [1.54, 1.807) is 54.6 Å². The predicted molar refractivity (Wildman–Crippen MR) is 126 cm³/mol. The highest BCUT2D eigenvalue weighted by molar-refractivity contribution is 7.92. The van der Waals surface area contributed by atoms with E-state index in [1.807, 2.05) is 24.3 Å². The lowest BCUT2D eigenvalue weighted by Gasteiger charge is -2.19. The first kappa shape index (κ1) is 22.6. The van der Waals surface area contributed by atoms with Crippen LogP contribution in [0, 0.1) is 0 Å². The maximum Gasteiger partial charge on any atom is 0.264 e. The van der Waals surface area contributed by atoms with Gasteiger partial charge in [-0.25, -0.2) is 8.42 Å². The average Bonchev–Trinajstić information content (AvgIpc) is 2.79. The number of benzene rings is 3. The molecule has 0 aromatic heterocycles. The van der Waals surface area contributed by atoms with Crippen molar-refractivity contribution in [1.29, 1.82) is 0 Å². The number of nitrogens with one attached hydrogen (secondary N) is 1. The van der Waals surface area contributed by atoms with Crippen molar-refractivity contribution in [2.24, 2.45) is 0 Å². The Balaban J connectivity index is 1.60. The molecule has 0 spiro atoms. The van der Waals surface area contributed by atoms with Crippen LogP contribution < -0.4 is 9.62 Å². The van der Waals surface area contributed by atoms with Crippen molar-refractivity contribution < 1.29 is 13.2 Å². The largest absolute Gasteiger partial charge is 0.326 e. The molecule has 6 heteroatoms. The number of sulfonamides is 1. The fourth-order valence-corrected chi connectivity index (χ4v) is 4.46. The quantitative estimate of drug-likeness (QED) is 0.511. The summed E-state index contributed by atoms with van der Waals surface area (Å²) in [6, 6.07) is 23.2. The Labute approximate surface area is 184 Å². The molecule has 0 unspecified atom stereocenters. The third-order valence-electron chi connectivity index (χ3n) is 5.12. The first-order valence-electron chi connectivity index (χ1n) is 10.4. The van der Waals surface area contributed by atoms with Gasteiger partial charge < -0.3 is 5.32 Å². The third-order valence-corrected chi connectivity index (χ3v) is 6.92. The summed E-state index contributed by atoms with van der Waals surface area (Å²) < 4.78 is 26.7. The molecule has 1 amide bonds.